The number of carbonyl (C=O) groups is 1. The molecule has 27 heavy (non-hydrogen) atoms. The van der Waals surface area contributed by atoms with Crippen LogP contribution >= 0.6 is 23.2 Å². The van der Waals surface area contributed by atoms with Crippen LogP contribution in [0.1, 0.15) is 24.2 Å². The van der Waals surface area contributed by atoms with Crippen LogP contribution in [-0.2, 0) is 10.0 Å². The first kappa shape index (κ1) is 21.5. The lowest BCUT2D eigenvalue weighted by Crippen LogP contribution is -2.28. The monoisotopic (exact) mass is 430 g/mol. The van der Waals surface area contributed by atoms with Gasteiger partial charge in [-0.25, -0.2) is 13.1 Å². The lowest BCUT2D eigenvalue weighted by molar-refractivity contribution is 0.102. The number of rotatable bonds is 7. The normalized spacial score (nSPS) is 11.5. The number of halogens is 2. The van der Waals surface area contributed by atoms with Crippen LogP contribution in [0.3, 0.4) is 0 Å². The van der Waals surface area contributed by atoms with Crippen LogP contribution in [-0.4, -0.2) is 28.0 Å². The molecule has 0 saturated carbocycles. The van der Waals surface area contributed by atoms with Crippen LogP contribution in [0.5, 0.6) is 5.75 Å². The number of benzene rings is 2. The number of methoxy groups -OCH3 is 1. The number of hydrogen-bond donors (Lipinski definition) is 2. The van der Waals surface area contributed by atoms with Crippen molar-refractivity contribution in [3.63, 3.8) is 0 Å². The fraction of sp³-hybridized carbons (Fsp3) is 0.278. The standard InChI is InChI=1S/C18H20Cl2N2O4S/c1-11(2)10-21-27(24,25)17-8-14(15(19)9-16(17)20)18(23)22-12-4-6-13(26-3)7-5-12/h4-9,11,21H,10H2,1-3H3,(H,22,23). The fourth-order valence-electron chi connectivity index (χ4n) is 2.14. The molecular weight excluding hydrogens is 411 g/mol. The van der Waals surface area contributed by atoms with Gasteiger partial charge in [0.05, 0.1) is 22.7 Å². The van der Waals surface area contributed by atoms with Crippen LogP contribution in [0.2, 0.25) is 10.0 Å². The van der Waals surface area contributed by atoms with Gasteiger partial charge in [0.15, 0.2) is 0 Å². The molecule has 0 bridgehead atoms. The lowest BCUT2D eigenvalue weighted by atomic mass is 10.2. The molecule has 146 valence electrons. The quantitative estimate of drug-likeness (QED) is 0.689. The van der Waals surface area contributed by atoms with Gasteiger partial charge in [-0.1, -0.05) is 37.0 Å². The van der Waals surface area contributed by atoms with E-state index in [9.17, 15) is 13.2 Å². The summed E-state index contributed by atoms with van der Waals surface area (Å²) in [7, 11) is -2.34. The molecule has 0 fully saturated rings. The number of sulfonamides is 1. The van der Waals surface area contributed by atoms with E-state index in [1.165, 1.54) is 19.2 Å². The van der Waals surface area contributed by atoms with Crippen LogP contribution in [0, 0.1) is 5.92 Å². The molecule has 2 aromatic carbocycles. The summed E-state index contributed by atoms with van der Waals surface area (Å²) in [6, 6.07) is 9.10. The highest BCUT2D eigenvalue weighted by Crippen LogP contribution is 2.29. The summed E-state index contributed by atoms with van der Waals surface area (Å²) >= 11 is 12.2. The van der Waals surface area contributed by atoms with Gasteiger partial charge in [0.2, 0.25) is 10.0 Å². The Hall–Kier alpha value is -1.80. The Morgan fingerprint density at radius 3 is 2.30 bits per heavy atom. The summed E-state index contributed by atoms with van der Waals surface area (Å²) in [6.45, 7) is 3.99. The summed E-state index contributed by atoms with van der Waals surface area (Å²) in [5.74, 6) is 0.202. The Morgan fingerprint density at radius 2 is 1.74 bits per heavy atom. The summed E-state index contributed by atoms with van der Waals surface area (Å²) < 4.78 is 32.5. The molecule has 0 aliphatic rings. The van der Waals surface area contributed by atoms with Gasteiger partial charge in [-0.3, -0.25) is 4.79 Å². The zero-order valence-corrected chi connectivity index (χ0v) is 17.4. The predicted molar refractivity (Wildman–Crippen MR) is 107 cm³/mol. The Bertz CT molecular complexity index is 929. The predicted octanol–water partition coefficient (Wildman–Crippen LogP) is 4.19. The SMILES string of the molecule is COc1ccc(NC(=O)c2cc(S(=O)(=O)NCC(C)C)c(Cl)cc2Cl)cc1. The number of carbonyl (C=O) groups excluding carboxylic acids is 1. The van der Waals surface area contributed by atoms with Gasteiger partial charge >= 0.3 is 0 Å². The fourth-order valence-corrected chi connectivity index (χ4v) is 4.21. The van der Waals surface area contributed by atoms with Crippen molar-refractivity contribution in [3.05, 3.63) is 52.0 Å². The first-order chi connectivity index (χ1) is 12.6. The van der Waals surface area contributed by atoms with Crippen molar-refractivity contribution in [3.8, 4) is 5.75 Å². The third-order valence-corrected chi connectivity index (χ3v) is 5.79. The molecule has 0 radical (unpaired) electrons. The number of anilines is 1. The molecule has 0 aromatic heterocycles. The highest BCUT2D eigenvalue weighted by atomic mass is 35.5. The van der Waals surface area contributed by atoms with Crippen molar-refractivity contribution in [2.45, 2.75) is 18.7 Å². The van der Waals surface area contributed by atoms with Gasteiger partial charge in [-0.15, -0.1) is 0 Å². The molecule has 0 aliphatic carbocycles. The van der Waals surface area contributed by atoms with Crippen molar-refractivity contribution in [2.75, 3.05) is 19.0 Å². The zero-order chi connectivity index (χ0) is 20.2. The Labute approximate surface area is 168 Å². The highest BCUT2D eigenvalue weighted by Gasteiger charge is 2.23. The van der Waals surface area contributed by atoms with E-state index in [1.54, 1.807) is 24.3 Å². The molecule has 2 N–H and O–H groups in total. The van der Waals surface area contributed by atoms with Gasteiger partial charge in [-0.2, -0.15) is 0 Å². The average Bonchev–Trinajstić information content (AvgIpc) is 2.60. The third-order valence-electron chi connectivity index (χ3n) is 3.59. The van der Waals surface area contributed by atoms with Gasteiger partial charge in [-0.05, 0) is 42.3 Å². The van der Waals surface area contributed by atoms with Gasteiger partial charge in [0, 0.05) is 12.2 Å². The molecule has 9 heteroatoms. The second kappa shape index (κ2) is 8.93. The van der Waals surface area contributed by atoms with Gasteiger partial charge in [0.1, 0.15) is 10.6 Å². The smallest absolute Gasteiger partial charge is 0.257 e. The Balaban J connectivity index is 2.32. The summed E-state index contributed by atoms with van der Waals surface area (Å²) in [5, 5.41) is 2.65. The lowest BCUT2D eigenvalue weighted by Gasteiger charge is -2.13. The topological polar surface area (TPSA) is 84.5 Å². The van der Waals surface area contributed by atoms with Gasteiger partial charge in [0.25, 0.3) is 5.91 Å². The molecular formula is C18H20Cl2N2O4S. The average molecular weight is 431 g/mol. The first-order valence-corrected chi connectivity index (χ1v) is 10.3. The van der Waals surface area contributed by atoms with Crippen molar-refractivity contribution >= 4 is 44.8 Å². The second-order valence-electron chi connectivity index (χ2n) is 6.19. The van der Waals surface area contributed by atoms with Crippen LogP contribution in [0.25, 0.3) is 0 Å². The maximum Gasteiger partial charge on any atom is 0.257 e. The van der Waals surface area contributed by atoms with E-state index >= 15 is 0 Å². The molecule has 2 rings (SSSR count). The summed E-state index contributed by atoms with van der Waals surface area (Å²) in [6.07, 6.45) is 0. The van der Waals surface area contributed by atoms with E-state index in [4.69, 9.17) is 27.9 Å². The minimum absolute atomic E-state index is 0.00167. The maximum atomic E-state index is 12.6. The molecule has 2 aromatic rings. The summed E-state index contributed by atoms with van der Waals surface area (Å²) in [5.41, 5.74) is 0.510. The first-order valence-electron chi connectivity index (χ1n) is 8.08. The molecule has 0 unspecified atom stereocenters. The van der Waals surface area contributed by atoms with E-state index in [-0.39, 0.29) is 33.0 Å². The number of ether oxygens (including phenoxy) is 1. The minimum atomic E-state index is -3.88. The molecule has 1 amide bonds. The molecule has 0 spiro atoms. The second-order valence-corrected chi connectivity index (χ2v) is 8.74. The van der Waals surface area contributed by atoms with E-state index in [1.807, 2.05) is 13.8 Å². The van der Waals surface area contributed by atoms with E-state index < -0.39 is 15.9 Å². The van der Waals surface area contributed by atoms with Crippen molar-refractivity contribution in [2.24, 2.45) is 5.92 Å². The zero-order valence-electron chi connectivity index (χ0n) is 15.0. The number of nitrogens with one attached hydrogen (secondary N) is 2. The van der Waals surface area contributed by atoms with E-state index in [2.05, 4.69) is 10.0 Å². The van der Waals surface area contributed by atoms with Gasteiger partial charge < -0.3 is 10.1 Å². The van der Waals surface area contributed by atoms with Crippen LogP contribution < -0.4 is 14.8 Å². The molecule has 0 saturated heterocycles. The van der Waals surface area contributed by atoms with Crippen molar-refractivity contribution < 1.29 is 17.9 Å². The minimum Gasteiger partial charge on any atom is -0.497 e. The molecule has 6 nitrogen and oxygen atoms in total. The number of hydrogen-bond acceptors (Lipinski definition) is 4. The highest BCUT2D eigenvalue weighted by molar-refractivity contribution is 7.89. The Morgan fingerprint density at radius 1 is 1.11 bits per heavy atom. The van der Waals surface area contributed by atoms with Crippen LogP contribution in [0.15, 0.2) is 41.3 Å². The molecule has 0 aliphatic heterocycles. The molecule has 0 heterocycles. The third kappa shape index (κ3) is 5.59. The Kier molecular flexibility index (Phi) is 7.11. The van der Waals surface area contributed by atoms with Crippen molar-refractivity contribution in [1.82, 2.24) is 4.72 Å². The van der Waals surface area contributed by atoms with Crippen LogP contribution in [0.4, 0.5) is 5.69 Å². The summed E-state index contributed by atoms with van der Waals surface area (Å²) in [4.78, 5) is 12.4. The van der Waals surface area contributed by atoms with E-state index in [0.29, 0.717) is 11.4 Å². The van der Waals surface area contributed by atoms with E-state index in [0.717, 1.165) is 0 Å². The maximum absolute atomic E-state index is 12.6. The number of amides is 1. The largest absolute Gasteiger partial charge is 0.497 e. The molecule has 0 atom stereocenters. The van der Waals surface area contributed by atoms with Crippen molar-refractivity contribution in [1.29, 1.82) is 0 Å².